The first-order valence-electron chi connectivity index (χ1n) is 9.68. The van der Waals surface area contributed by atoms with E-state index in [1.807, 2.05) is 0 Å². The summed E-state index contributed by atoms with van der Waals surface area (Å²) >= 11 is 0. The van der Waals surface area contributed by atoms with Crippen LogP contribution in [0.25, 0.3) is 0 Å². The topological polar surface area (TPSA) is 108 Å². The Kier molecular flexibility index (Phi) is 6.28. The number of rotatable bonds is 5. The number of piperidine rings is 1. The zero-order valence-corrected chi connectivity index (χ0v) is 15.7. The number of nitrogens with one attached hydrogen (secondary N) is 2. The maximum Gasteiger partial charge on any atom is 0.270 e. The first-order chi connectivity index (χ1) is 13.0. The Bertz CT molecular complexity index is 688. The lowest BCUT2D eigenvalue weighted by Crippen LogP contribution is -2.50. The van der Waals surface area contributed by atoms with Gasteiger partial charge in [-0.2, -0.15) is 0 Å². The van der Waals surface area contributed by atoms with Crippen molar-refractivity contribution in [2.24, 2.45) is 0 Å². The predicted molar refractivity (Wildman–Crippen MR) is 103 cm³/mol. The fourth-order valence-corrected chi connectivity index (χ4v) is 4.21. The minimum absolute atomic E-state index is 0.0970. The molecule has 2 unspecified atom stereocenters. The molecule has 1 aromatic rings. The molecular formula is C19H28N4O4. The molecule has 8 heteroatoms. The summed E-state index contributed by atoms with van der Waals surface area (Å²) in [7, 11) is 1.51. The van der Waals surface area contributed by atoms with Crippen molar-refractivity contribution in [1.29, 1.82) is 0 Å². The number of hydrogen-bond acceptors (Lipinski definition) is 6. The number of nitro benzene ring substituents is 1. The van der Waals surface area contributed by atoms with Gasteiger partial charge in [-0.05, 0) is 31.7 Å². The van der Waals surface area contributed by atoms with E-state index in [2.05, 4.69) is 15.5 Å². The SMILES string of the molecule is CNC(=O)c1cc([N+](=O)[O-])ccc1NC1CCN(C2CCCCC2O)CC1. The minimum Gasteiger partial charge on any atom is -0.391 e. The molecule has 3 rings (SSSR count). The summed E-state index contributed by atoms with van der Waals surface area (Å²) in [6.45, 7) is 1.81. The molecule has 2 fully saturated rings. The van der Waals surface area contributed by atoms with Gasteiger partial charge in [0, 0.05) is 50.0 Å². The number of amides is 1. The Morgan fingerprint density at radius 3 is 2.56 bits per heavy atom. The third-order valence-electron chi connectivity index (χ3n) is 5.74. The highest BCUT2D eigenvalue weighted by Crippen LogP contribution is 2.28. The van der Waals surface area contributed by atoms with Crippen LogP contribution < -0.4 is 10.6 Å². The molecule has 2 atom stereocenters. The van der Waals surface area contributed by atoms with Crippen LogP contribution in [0.2, 0.25) is 0 Å². The quantitative estimate of drug-likeness (QED) is 0.537. The van der Waals surface area contributed by atoms with Crippen LogP contribution in [0.5, 0.6) is 0 Å². The van der Waals surface area contributed by atoms with Crippen molar-refractivity contribution in [2.45, 2.75) is 56.7 Å². The number of nitrogens with zero attached hydrogens (tertiary/aromatic N) is 2. The zero-order valence-electron chi connectivity index (χ0n) is 15.7. The van der Waals surface area contributed by atoms with Gasteiger partial charge in [0.2, 0.25) is 0 Å². The molecule has 1 heterocycles. The van der Waals surface area contributed by atoms with Crippen LogP contribution in [0.3, 0.4) is 0 Å². The molecule has 0 radical (unpaired) electrons. The molecule has 2 aliphatic rings. The Hall–Kier alpha value is -2.19. The Morgan fingerprint density at radius 2 is 1.93 bits per heavy atom. The van der Waals surface area contributed by atoms with Gasteiger partial charge in [0.25, 0.3) is 11.6 Å². The molecule has 27 heavy (non-hydrogen) atoms. The lowest BCUT2D eigenvalue weighted by molar-refractivity contribution is -0.384. The number of anilines is 1. The van der Waals surface area contributed by atoms with Gasteiger partial charge in [0.15, 0.2) is 0 Å². The summed E-state index contributed by atoms with van der Waals surface area (Å²) in [6, 6.07) is 4.81. The van der Waals surface area contributed by atoms with Gasteiger partial charge < -0.3 is 15.7 Å². The summed E-state index contributed by atoms with van der Waals surface area (Å²) in [4.78, 5) is 25.0. The number of benzene rings is 1. The van der Waals surface area contributed by atoms with E-state index in [-0.39, 0.29) is 35.3 Å². The Balaban J connectivity index is 1.64. The van der Waals surface area contributed by atoms with Gasteiger partial charge in [0.1, 0.15) is 0 Å². The number of carbonyl (C=O) groups excluding carboxylic acids is 1. The van der Waals surface area contributed by atoms with Crippen LogP contribution in [0.1, 0.15) is 48.9 Å². The third kappa shape index (κ3) is 4.56. The van der Waals surface area contributed by atoms with Crippen LogP contribution in [-0.2, 0) is 0 Å². The molecule has 148 valence electrons. The van der Waals surface area contributed by atoms with E-state index in [4.69, 9.17) is 0 Å². The van der Waals surface area contributed by atoms with E-state index in [1.165, 1.54) is 25.6 Å². The van der Waals surface area contributed by atoms with Gasteiger partial charge in [-0.15, -0.1) is 0 Å². The molecule has 1 saturated heterocycles. The van der Waals surface area contributed by atoms with Gasteiger partial charge in [-0.25, -0.2) is 0 Å². The molecule has 1 amide bonds. The maximum absolute atomic E-state index is 12.1. The van der Waals surface area contributed by atoms with E-state index in [9.17, 15) is 20.0 Å². The molecule has 0 bridgehead atoms. The average Bonchev–Trinajstić information content (AvgIpc) is 2.68. The zero-order chi connectivity index (χ0) is 19.4. The van der Waals surface area contributed by atoms with Crippen LogP contribution in [0.15, 0.2) is 18.2 Å². The molecule has 8 nitrogen and oxygen atoms in total. The fraction of sp³-hybridized carbons (Fsp3) is 0.632. The highest BCUT2D eigenvalue weighted by atomic mass is 16.6. The number of nitro groups is 1. The van der Waals surface area contributed by atoms with Crippen LogP contribution in [-0.4, -0.2) is 59.2 Å². The minimum atomic E-state index is -0.496. The molecule has 1 saturated carbocycles. The normalized spacial score (nSPS) is 24.4. The number of aliphatic hydroxyl groups is 1. The second kappa shape index (κ2) is 8.67. The molecule has 1 aliphatic heterocycles. The fourth-order valence-electron chi connectivity index (χ4n) is 4.21. The summed E-state index contributed by atoms with van der Waals surface area (Å²) in [6.07, 6.45) is 5.83. The summed E-state index contributed by atoms with van der Waals surface area (Å²) in [5, 5.41) is 27.2. The Labute approximate surface area is 159 Å². The molecule has 1 aliphatic carbocycles. The van der Waals surface area contributed by atoms with Gasteiger partial charge in [0.05, 0.1) is 16.6 Å². The van der Waals surface area contributed by atoms with Crippen LogP contribution in [0.4, 0.5) is 11.4 Å². The van der Waals surface area contributed by atoms with Crippen molar-refractivity contribution in [2.75, 3.05) is 25.5 Å². The largest absolute Gasteiger partial charge is 0.391 e. The molecule has 0 spiro atoms. The van der Waals surface area contributed by atoms with E-state index < -0.39 is 4.92 Å². The van der Waals surface area contributed by atoms with Crippen molar-refractivity contribution < 1.29 is 14.8 Å². The molecule has 0 aromatic heterocycles. The van der Waals surface area contributed by atoms with Gasteiger partial charge >= 0.3 is 0 Å². The molecule has 1 aromatic carbocycles. The highest BCUT2D eigenvalue weighted by molar-refractivity contribution is 6.00. The van der Waals surface area contributed by atoms with E-state index in [0.29, 0.717) is 5.69 Å². The van der Waals surface area contributed by atoms with E-state index in [1.54, 1.807) is 6.07 Å². The standard InChI is InChI=1S/C19H28N4O4/c1-20-19(25)15-12-14(23(26)27)6-7-16(15)21-13-8-10-22(11-9-13)17-4-2-3-5-18(17)24/h6-7,12-13,17-18,21,24H,2-5,8-11H2,1H3,(H,20,25). The first kappa shape index (κ1) is 19.6. The predicted octanol–water partition coefficient (Wildman–Crippen LogP) is 2.13. The van der Waals surface area contributed by atoms with Gasteiger partial charge in [-0.1, -0.05) is 12.8 Å². The summed E-state index contributed by atoms with van der Waals surface area (Å²) in [5.74, 6) is -0.344. The summed E-state index contributed by atoms with van der Waals surface area (Å²) < 4.78 is 0. The van der Waals surface area contributed by atoms with Crippen molar-refractivity contribution in [3.63, 3.8) is 0 Å². The van der Waals surface area contributed by atoms with Crippen LogP contribution >= 0.6 is 0 Å². The smallest absolute Gasteiger partial charge is 0.270 e. The van der Waals surface area contributed by atoms with Crippen LogP contribution in [0, 0.1) is 10.1 Å². The highest BCUT2D eigenvalue weighted by Gasteiger charge is 2.31. The number of aliphatic hydroxyl groups excluding tert-OH is 1. The molecule has 3 N–H and O–H groups in total. The summed E-state index contributed by atoms with van der Waals surface area (Å²) in [5.41, 5.74) is 0.813. The lowest BCUT2D eigenvalue weighted by atomic mass is 9.89. The van der Waals surface area contributed by atoms with Crippen molar-refractivity contribution >= 4 is 17.3 Å². The second-order valence-corrected chi connectivity index (χ2v) is 7.44. The van der Waals surface area contributed by atoms with Crippen molar-refractivity contribution in [3.8, 4) is 0 Å². The van der Waals surface area contributed by atoms with E-state index >= 15 is 0 Å². The number of non-ortho nitro benzene ring substituents is 1. The van der Waals surface area contributed by atoms with Crippen molar-refractivity contribution in [1.82, 2.24) is 10.2 Å². The number of carbonyl (C=O) groups is 1. The van der Waals surface area contributed by atoms with E-state index in [0.717, 1.165) is 45.2 Å². The lowest BCUT2D eigenvalue weighted by Gasteiger charge is -2.41. The first-order valence-corrected chi connectivity index (χ1v) is 9.68. The third-order valence-corrected chi connectivity index (χ3v) is 5.74. The second-order valence-electron chi connectivity index (χ2n) is 7.44. The monoisotopic (exact) mass is 376 g/mol. The number of likely N-dealkylation sites (tertiary alicyclic amines) is 1. The maximum atomic E-state index is 12.1. The molecular weight excluding hydrogens is 348 g/mol. The van der Waals surface area contributed by atoms with Gasteiger partial charge in [-0.3, -0.25) is 19.8 Å². The average molecular weight is 376 g/mol. The van der Waals surface area contributed by atoms with Crippen molar-refractivity contribution in [3.05, 3.63) is 33.9 Å². The Morgan fingerprint density at radius 1 is 1.22 bits per heavy atom. The number of hydrogen-bond donors (Lipinski definition) is 3.